The van der Waals surface area contributed by atoms with Crippen molar-refractivity contribution in [2.24, 2.45) is 0 Å². The van der Waals surface area contributed by atoms with Crippen molar-refractivity contribution in [3.05, 3.63) is 53.8 Å². The minimum absolute atomic E-state index is 0.00604. The van der Waals surface area contributed by atoms with Gasteiger partial charge in [0.1, 0.15) is 5.82 Å². The second-order valence-electron chi connectivity index (χ2n) is 6.83. The van der Waals surface area contributed by atoms with Gasteiger partial charge in [-0.3, -0.25) is 9.69 Å². The largest absolute Gasteiger partial charge is 0.493 e. The molecule has 6 nitrogen and oxygen atoms in total. The van der Waals surface area contributed by atoms with Gasteiger partial charge in [-0.1, -0.05) is 6.07 Å². The first kappa shape index (κ1) is 22.4. The molecule has 0 saturated carbocycles. The fourth-order valence-corrected chi connectivity index (χ4v) is 4.08. The van der Waals surface area contributed by atoms with E-state index >= 15 is 0 Å². The molecule has 1 heterocycles. The zero-order valence-corrected chi connectivity index (χ0v) is 18.0. The molecule has 2 aromatic rings. The zero-order chi connectivity index (χ0) is 21.3. The van der Waals surface area contributed by atoms with Gasteiger partial charge in [0, 0.05) is 24.5 Å². The molecule has 0 spiro atoms. The standard InChI is InChI=1S/C22H27FN2O4S/c1-27-20-8-3-16(13-21(20)28-2)19(25-9-11-29-12-10-25)14-24-22(26)15-30-18-6-4-17(23)5-7-18/h3-8,13,19H,9-12,14-15H2,1-2H3,(H,24,26). The van der Waals surface area contributed by atoms with E-state index in [2.05, 4.69) is 10.2 Å². The molecular formula is C22H27FN2O4S. The summed E-state index contributed by atoms with van der Waals surface area (Å²) in [5.41, 5.74) is 1.04. The Hall–Kier alpha value is -2.29. The van der Waals surface area contributed by atoms with E-state index in [0.717, 1.165) is 23.5 Å². The zero-order valence-electron chi connectivity index (χ0n) is 17.2. The Morgan fingerprint density at radius 3 is 2.50 bits per heavy atom. The number of ether oxygens (including phenoxy) is 3. The maximum Gasteiger partial charge on any atom is 0.230 e. The average molecular weight is 435 g/mol. The van der Waals surface area contributed by atoms with E-state index in [0.29, 0.717) is 31.3 Å². The molecule has 3 rings (SSSR count). The highest BCUT2D eigenvalue weighted by atomic mass is 32.2. The van der Waals surface area contributed by atoms with Crippen LogP contribution in [0.3, 0.4) is 0 Å². The minimum atomic E-state index is -0.285. The average Bonchev–Trinajstić information content (AvgIpc) is 2.79. The molecule has 1 fully saturated rings. The third-order valence-electron chi connectivity index (χ3n) is 4.95. The second kappa shape index (κ2) is 11.2. The van der Waals surface area contributed by atoms with Crippen LogP contribution in [0, 0.1) is 5.82 Å². The Kier molecular flexibility index (Phi) is 8.36. The van der Waals surface area contributed by atoms with Crippen molar-refractivity contribution in [3.8, 4) is 11.5 Å². The summed E-state index contributed by atoms with van der Waals surface area (Å²) in [5.74, 6) is 1.25. The van der Waals surface area contributed by atoms with Crippen LogP contribution in [0.25, 0.3) is 0 Å². The van der Waals surface area contributed by atoms with Crippen LogP contribution in [-0.4, -0.2) is 63.6 Å². The lowest BCUT2D eigenvalue weighted by Crippen LogP contribution is -2.44. The fraction of sp³-hybridized carbons (Fsp3) is 0.409. The lowest BCUT2D eigenvalue weighted by molar-refractivity contribution is -0.118. The number of benzene rings is 2. The molecule has 2 aromatic carbocycles. The highest BCUT2D eigenvalue weighted by Gasteiger charge is 2.24. The Balaban J connectivity index is 1.65. The number of hydrogen-bond acceptors (Lipinski definition) is 6. The number of methoxy groups -OCH3 is 2. The molecule has 1 unspecified atom stereocenters. The highest BCUT2D eigenvalue weighted by molar-refractivity contribution is 8.00. The summed E-state index contributed by atoms with van der Waals surface area (Å²) in [5, 5.41) is 3.04. The SMILES string of the molecule is COc1ccc(C(CNC(=O)CSc2ccc(F)cc2)N2CCOCC2)cc1OC. The summed E-state index contributed by atoms with van der Waals surface area (Å²) in [6, 6.07) is 12.0. The maximum absolute atomic E-state index is 13.0. The molecule has 8 heteroatoms. The Morgan fingerprint density at radius 2 is 1.83 bits per heavy atom. The lowest BCUT2D eigenvalue weighted by atomic mass is 10.0. The first-order valence-electron chi connectivity index (χ1n) is 9.79. The van der Waals surface area contributed by atoms with Gasteiger partial charge in [0.05, 0.1) is 39.2 Å². The van der Waals surface area contributed by atoms with Gasteiger partial charge in [0.15, 0.2) is 11.5 Å². The quantitative estimate of drug-likeness (QED) is 0.612. The molecule has 0 bridgehead atoms. The van der Waals surface area contributed by atoms with Crippen LogP contribution >= 0.6 is 11.8 Å². The number of carbonyl (C=O) groups excluding carboxylic acids is 1. The van der Waals surface area contributed by atoms with Crippen LogP contribution in [-0.2, 0) is 9.53 Å². The summed E-state index contributed by atoms with van der Waals surface area (Å²) < 4.78 is 29.3. The molecule has 1 aliphatic rings. The lowest BCUT2D eigenvalue weighted by Gasteiger charge is -2.35. The summed E-state index contributed by atoms with van der Waals surface area (Å²) in [7, 11) is 3.22. The normalized spacial score (nSPS) is 15.4. The molecule has 1 N–H and O–H groups in total. The smallest absolute Gasteiger partial charge is 0.230 e. The second-order valence-corrected chi connectivity index (χ2v) is 7.87. The van der Waals surface area contributed by atoms with Gasteiger partial charge < -0.3 is 19.5 Å². The van der Waals surface area contributed by atoms with E-state index in [-0.39, 0.29) is 23.5 Å². The van der Waals surface area contributed by atoms with Gasteiger partial charge in [-0.15, -0.1) is 11.8 Å². The van der Waals surface area contributed by atoms with Crippen LogP contribution in [0.4, 0.5) is 4.39 Å². The van der Waals surface area contributed by atoms with Crippen molar-refractivity contribution in [1.82, 2.24) is 10.2 Å². The predicted molar refractivity (Wildman–Crippen MR) is 115 cm³/mol. The van der Waals surface area contributed by atoms with Crippen molar-refractivity contribution in [2.75, 3.05) is 52.8 Å². The van der Waals surface area contributed by atoms with E-state index in [1.807, 2.05) is 18.2 Å². The van der Waals surface area contributed by atoms with E-state index in [1.165, 1.54) is 23.9 Å². The molecule has 1 amide bonds. The number of amides is 1. The van der Waals surface area contributed by atoms with Gasteiger partial charge in [-0.25, -0.2) is 4.39 Å². The third kappa shape index (κ3) is 6.10. The summed E-state index contributed by atoms with van der Waals surface area (Å²) >= 11 is 1.38. The van der Waals surface area contributed by atoms with Crippen LogP contribution < -0.4 is 14.8 Å². The summed E-state index contributed by atoms with van der Waals surface area (Å²) in [6.45, 7) is 3.38. The van der Waals surface area contributed by atoms with E-state index in [1.54, 1.807) is 26.4 Å². The number of carbonyl (C=O) groups is 1. The van der Waals surface area contributed by atoms with Gasteiger partial charge in [-0.05, 0) is 42.0 Å². The van der Waals surface area contributed by atoms with Crippen molar-refractivity contribution < 1.29 is 23.4 Å². The minimum Gasteiger partial charge on any atom is -0.493 e. The number of hydrogen-bond donors (Lipinski definition) is 1. The molecule has 30 heavy (non-hydrogen) atoms. The van der Waals surface area contributed by atoms with Gasteiger partial charge in [0.2, 0.25) is 5.91 Å². The van der Waals surface area contributed by atoms with Gasteiger partial charge in [-0.2, -0.15) is 0 Å². The fourth-order valence-electron chi connectivity index (χ4n) is 3.35. The number of halogens is 1. The molecule has 0 radical (unpaired) electrons. The van der Waals surface area contributed by atoms with Crippen molar-refractivity contribution in [2.45, 2.75) is 10.9 Å². The monoisotopic (exact) mass is 434 g/mol. The number of rotatable bonds is 9. The van der Waals surface area contributed by atoms with Gasteiger partial charge >= 0.3 is 0 Å². The Morgan fingerprint density at radius 1 is 1.13 bits per heavy atom. The first-order valence-corrected chi connectivity index (χ1v) is 10.8. The molecule has 162 valence electrons. The van der Waals surface area contributed by atoms with Crippen LogP contribution in [0.5, 0.6) is 11.5 Å². The highest BCUT2D eigenvalue weighted by Crippen LogP contribution is 2.32. The molecular weight excluding hydrogens is 407 g/mol. The van der Waals surface area contributed by atoms with Crippen molar-refractivity contribution in [3.63, 3.8) is 0 Å². The number of nitrogens with zero attached hydrogens (tertiary/aromatic N) is 1. The molecule has 0 aliphatic carbocycles. The Labute approximate surface area is 180 Å². The first-order chi connectivity index (χ1) is 14.6. The number of nitrogens with one attached hydrogen (secondary N) is 1. The van der Waals surface area contributed by atoms with Crippen LogP contribution in [0.15, 0.2) is 47.4 Å². The van der Waals surface area contributed by atoms with Gasteiger partial charge in [0.25, 0.3) is 0 Å². The molecule has 1 aliphatic heterocycles. The third-order valence-corrected chi connectivity index (χ3v) is 5.97. The van der Waals surface area contributed by atoms with Crippen molar-refractivity contribution >= 4 is 17.7 Å². The van der Waals surface area contributed by atoms with E-state index in [9.17, 15) is 9.18 Å². The maximum atomic E-state index is 13.0. The number of morpholine rings is 1. The predicted octanol–water partition coefficient (Wildman–Crippen LogP) is 3.12. The van der Waals surface area contributed by atoms with Crippen LogP contribution in [0.2, 0.25) is 0 Å². The topological polar surface area (TPSA) is 60.0 Å². The Bertz CT molecular complexity index is 828. The summed E-state index contributed by atoms with van der Waals surface area (Å²) in [4.78, 5) is 15.6. The molecule has 1 atom stereocenters. The van der Waals surface area contributed by atoms with Crippen molar-refractivity contribution in [1.29, 1.82) is 0 Å². The summed E-state index contributed by atoms with van der Waals surface area (Å²) in [6.07, 6.45) is 0. The molecule has 1 saturated heterocycles. The number of thioether (sulfide) groups is 1. The molecule has 0 aromatic heterocycles. The van der Waals surface area contributed by atoms with E-state index in [4.69, 9.17) is 14.2 Å². The van der Waals surface area contributed by atoms with E-state index < -0.39 is 0 Å². The van der Waals surface area contributed by atoms with Crippen LogP contribution in [0.1, 0.15) is 11.6 Å².